The second kappa shape index (κ2) is 8.79. The largest absolute Gasteiger partial charge is 0.443 e. The van der Waals surface area contributed by atoms with Crippen LogP contribution in [0.2, 0.25) is 0 Å². The van der Waals surface area contributed by atoms with Gasteiger partial charge in [-0.3, -0.25) is 15.0 Å². The number of imide groups is 1. The molecule has 1 fully saturated rings. The van der Waals surface area contributed by atoms with Crippen LogP contribution in [0.5, 0.6) is 0 Å². The average molecular weight is 478 g/mol. The van der Waals surface area contributed by atoms with Crippen molar-refractivity contribution >= 4 is 34.9 Å². The van der Waals surface area contributed by atoms with E-state index in [1.165, 1.54) is 9.47 Å². The summed E-state index contributed by atoms with van der Waals surface area (Å²) in [6.45, 7) is 11.4. The van der Waals surface area contributed by atoms with Crippen LogP contribution in [0.25, 0.3) is 11.0 Å². The number of anilines is 1. The Labute approximate surface area is 204 Å². The van der Waals surface area contributed by atoms with Gasteiger partial charge in [0.2, 0.25) is 5.91 Å². The molecule has 4 heterocycles. The van der Waals surface area contributed by atoms with E-state index in [-0.39, 0.29) is 5.91 Å². The van der Waals surface area contributed by atoms with Crippen LogP contribution in [0.1, 0.15) is 57.9 Å². The molecule has 0 saturated carbocycles. The van der Waals surface area contributed by atoms with Crippen molar-refractivity contribution in [2.24, 2.45) is 5.41 Å². The number of rotatable bonds is 3. The van der Waals surface area contributed by atoms with Crippen molar-refractivity contribution in [1.29, 1.82) is 0 Å². The number of nitrogens with one attached hydrogen (secondary N) is 1. The van der Waals surface area contributed by atoms with Crippen molar-refractivity contribution in [3.63, 3.8) is 0 Å². The molecule has 3 aromatic rings. The Bertz CT molecular complexity index is 1320. The summed E-state index contributed by atoms with van der Waals surface area (Å²) >= 11 is 0. The fraction of sp³-hybridized carbons (Fsp3) is 0.423. The van der Waals surface area contributed by atoms with E-state index in [0.29, 0.717) is 30.9 Å². The Balaban J connectivity index is 1.54. The number of urea groups is 1. The van der Waals surface area contributed by atoms with E-state index < -0.39 is 23.1 Å². The lowest BCUT2D eigenvalue weighted by Crippen LogP contribution is -2.39. The van der Waals surface area contributed by atoms with E-state index in [4.69, 9.17) is 4.74 Å². The van der Waals surface area contributed by atoms with E-state index in [1.807, 2.05) is 59.7 Å². The van der Waals surface area contributed by atoms with Gasteiger partial charge >= 0.3 is 12.1 Å². The fourth-order valence-electron chi connectivity index (χ4n) is 4.10. The number of aromatic nitrogens is 3. The van der Waals surface area contributed by atoms with Gasteiger partial charge in [0, 0.05) is 41.9 Å². The molecular formula is C26H31N5O4. The lowest BCUT2D eigenvalue weighted by atomic mass is 9.92. The van der Waals surface area contributed by atoms with Crippen molar-refractivity contribution in [2.75, 3.05) is 11.9 Å². The number of ether oxygens (including phenoxy) is 1. The summed E-state index contributed by atoms with van der Waals surface area (Å²) in [5.74, 6) is 0.199. The first-order valence-corrected chi connectivity index (χ1v) is 11.6. The van der Waals surface area contributed by atoms with Crippen molar-refractivity contribution in [3.8, 4) is 0 Å². The van der Waals surface area contributed by atoms with Crippen molar-refractivity contribution in [3.05, 3.63) is 53.5 Å². The standard InChI is InChI=1S/C26H31N5O4/c1-16-17(9-10-20(28-16)29-23(33)30-13-11-26(5,6)22(30)32)14-18-15-31(24(34)35-25(2,3)4)21-19(18)8-7-12-27-21/h7-10,12,15H,11,13-14H2,1-6H3,(H,28,29,33). The molecule has 0 atom stereocenters. The first-order chi connectivity index (χ1) is 16.4. The normalized spacial score (nSPS) is 15.5. The number of hydrogen-bond acceptors (Lipinski definition) is 6. The molecule has 1 aliphatic rings. The highest BCUT2D eigenvalue weighted by molar-refractivity contribution is 6.03. The minimum absolute atomic E-state index is 0.182. The number of nitrogens with zero attached hydrogens (tertiary/aromatic N) is 4. The molecule has 35 heavy (non-hydrogen) atoms. The first-order valence-electron chi connectivity index (χ1n) is 11.6. The predicted octanol–water partition coefficient (Wildman–Crippen LogP) is 4.90. The Morgan fingerprint density at radius 1 is 1.17 bits per heavy atom. The molecule has 1 N–H and O–H groups in total. The summed E-state index contributed by atoms with van der Waals surface area (Å²) < 4.78 is 6.97. The van der Waals surface area contributed by atoms with Crippen LogP contribution in [0.3, 0.4) is 0 Å². The van der Waals surface area contributed by atoms with Crippen molar-refractivity contribution in [2.45, 2.75) is 60.0 Å². The van der Waals surface area contributed by atoms with Gasteiger partial charge in [-0.2, -0.15) is 0 Å². The Kier molecular flexibility index (Phi) is 6.12. The molecule has 3 amide bonds. The van der Waals surface area contributed by atoms with Crippen LogP contribution in [0.15, 0.2) is 36.7 Å². The van der Waals surface area contributed by atoms with Crippen LogP contribution in [-0.2, 0) is 16.0 Å². The van der Waals surface area contributed by atoms with E-state index in [1.54, 1.807) is 18.5 Å². The summed E-state index contributed by atoms with van der Waals surface area (Å²) in [5, 5.41) is 3.59. The van der Waals surface area contributed by atoms with Crippen LogP contribution < -0.4 is 5.32 Å². The summed E-state index contributed by atoms with van der Waals surface area (Å²) in [5.41, 5.74) is 1.96. The molecule has 0 spiro atoms. The summed E-state index contributed by atoms with van der Waals surface area (Å²) in [7, 11) is 0. The maximum atomic E-state index is 12.7. The van der Waals surface area contributed by atoms with Gasteiger partial charge in [0.05, 0.1) is 0 Å². The molecule has 0 aliphatic carbocycles. The third kappa shape index (κ3) is 5.03. The number of amides is 3. The SMILES string of the molecule is Cc1nc(NC(=O)N2CCC(C)(C)C2=O)ccc1Cc1cn(C(=O)OC(C)(C)C)c2ncccc12. The molecule has 0 aromatic carbocycles. The number of aryl methyl sites for hydroxylation is 1. The minimum Gasteiger partial charge on any atom is -0.443 e. The highest BCUT2D eigenvalue weighted by Gasteiger charge is 2.41. The van der Waals surface area contributed by atoms with Crippen LogP contribution >= 0.6 is 0 Å². The number of likely N-dealkylation sites (tertiary alicyclic amines) is 1. The van der Waals surface area contributed by atoms with Gasteiger partial charge in [0.15, 0.2) is 0 Å². The van der Waals surface area contributed by atoms with Crippen LogP contribution in [0.4, 0.5) is 15.4 Å². The van der Waals surface area contributed by atoms with Gasteiger partial charge in [-0.1, -0.05) is 19.9 Å². The highest BCUT2D eigenvalue weighted by atomic mass is 16.6. The zero-order valence-electron chi connectivity index (χ0n) is 21.0. The number of fused-ring (bicyclic) bond motifs is 1. The highest BCUT2D eigenvalue weighted by Crippen LogP contribution is 2.31. The summed E-state index contributed by atoms with van der Waals surface area (Å²) in [6.07, 6.45) is 4.06. The molecule has 3 aromatic heterocycles. The summed E-state index contributed by atoms with van der Waals surface area (Å²) in [6, 6.07) is 6.89. The van der Waals surface area contributed by atoms with E-state index in [2.05, 4.69) is 15.3 Å². The fourth-order valence-corrected chi connectivity index (χ4v) is 4.10. The maximum Gasteiger partial charge on any atom is 0.420 e. The quantitative estimate of drug-likeness (QED) is 0.575. The van der Waals surface area contributed by atoms with Gasteiger partial charge in [-0.15, -0.1) is 0 Å². The molecule has 1 aliphatic heterocycles. The lowest BCUT2D eigenvalue weighted by Gasteiger charge is -2.19. The lowest BCUT2D eigenvalue weighted by molar-refractivity contribution is -0.131. The monoisotopic (exact) mass is 477 g/mol. The zero-order valence-corrected chi connectivity index (χ0v) is 21.0. The first kappa shape index (κ1) is 24.4. The molecule has 0 bridgehead atoms. The summed E-state index contributed by atoms with van der Waals surface area (Å²) in [4.78, 5) is 47.9. The third-order valence-corrected chi connectivity index (χ3v) is 6.08. The van der Waals surface area contributed by atoms with Crippen LogP contribution in [0, 0.1) is 12.3 Å². The van der Waals surface area contributed by atoms with Gasteiger partial charge in [0.1, 0.15) is 17.1 Å². The van der Waals surface area contributed by atoms with Gasteiger partial charge in [-0.05, 0) is 63.4 Å². The van der Waals surface area contributed by atoms with E-state index in [9.17, 15) is 14.4 Å². The number of carbonyl (C=O) groups excluding carboxylic acids is 3. The van der Waals surface area contributed by atoms with Gasteiger partial charge in [-0.25, -0.2) is 24.1 Å². The van der Waals surface area contributed by atoms with E-state index >= 15 is 0 Å². The van der Waals surface area contributed by atoms with E-state index in [0.717, 1.165) is 22.2 Å². The van der Waals surface area contributed by atoms with Gasteiger partial charge < -0.3 is 4.74 Å². The Morgan fingerprint density at radius 2 is 1.91 bits per heavy atom. The molecule has 1 saturated heterocycles. The average Bonchev–Trinajstić information content (AvgIpc) is 3.26. The third-order valence-electron chi connectivity index (χ3n) is 6.08. The molecule has 0 radical (unpaired) electrons. The molecular weight excluding hydrogens is 446 g/mol. The number of hydrogen-bond donors (Lipinski definition) is 1. The molecule has 9 heteroatoms. The second-order valence-electron chi connectivity index (χ2n) is 10.5. The molecule has 184 valence electrons. The van der Waals surface area contributed by atoms with Crippen molar-refractivity contribution < 1.29 is 19.1 Å². The molecule has 4 rings (SSSR count). The smallest absolute Gasteiger partial charge is 0.420 e. The van der Waals surface area contributed by atoms with Gasteiger partial charge in [0.25, 0.3) is 0 Å². The molecule has 0 unspecified atom stereocenters. The van der Waals surface area contributed by atoms with Crippen LogP contribution in [-0.4, -0.2) is 49.6 Å². The number of carbonyl (C=O) groups is 3. The zero-order chi connectivity index (χ0) is 25.5. The predicted molar refractivity (Wildman–Crippen MR) is 132 cm³/mol. The number of pyridine rings is 2. The molecule has 9 nitrogen and oxygen atoms in total. The Morgan fingerprint density at radius 3 is 2.54 bits per heavy atom. The minimum atomic E-state index is -0.626. The second-order valence-corrected chi connectivity index (χ2v) is 10.5. The Hall–Kier alpha value is -3.75. The van der Waals surface area contributed by atoms with Crippen molar-refractivity contribution in [1.82, 2.24) is 19.4 Å². The topological polar surface area (TPSA) is 106 Å². The maximum absolute atomic E-state index is 12.7.